The average Bonchev–Trinajstić information content (AvgIpc) is 2.84. The Morgan fingerprint density at radius 2 is 1.83 bits per heavy atom. The molecular weight excluding hydrogens is 310 g/mol. The van der Waals surface area contributed by atoms with E-state index < -0.39 is 9.84 Å². The number of nitrogens with zero attached hydrogens (tertiary/aromatic N) is 2. The molecule has 0 radical (unpaired) electrons. The van der Waals surface area contributed by atoms with Crippen LogP contribution in [0.2, 0.25) is 0 Å². The molecule has 0 saturated carbocycles. The summed E-state index contributed by atoms with van der Waals surface area (Å²) in [7, 11) is -3.07. The van der Waals surface area contributed by atoms with E-state index in [1.807, 2.05) is 6.07 Å². The quantitative estimate of drug-likeness (QED) is 0.764. The second kappa shape index (κ2) is 7.93. The summed E-state index contributed by atoms with van der Waals surface area (Å²) in [6.07, 6.45) is 4.57. The fourth-order valence-electron chi connectivity index (χ4n) is 2.84. The second-order valence-corrected chi connectivity index (χ2v) is 8.34. The first kappa shape index (κ1) is 17.9. The lowest BCUT2D eigenvalue weighted by Gasteiger charge is -2.20. The Balaban J connectivity index is 2.07. The number of sulfone groups is 1. The molecule has 23 heavy (non-hydrogen) atoms. The van der Waals surface area contributed by atoms with Gasteiger partial charge in [0.2, 0.25) is 0 Å². The Morgan fingerprint density at radius 1 is 1.13 bits per heavy atom. The van der Waals surface area contributed by atoms with Crippen molar-refractivity contribution in [3.63, 3.8) is 0 Å². The molecule has 0 bridgehead atoms. The Kier molecular flexibility index (Phi) is 6.18. The maximum absolute atomic E-state index is 11.4. The number of aromatic amines is 1. The Bertz CT molecular complexity index is 731. The van der Waals surface area contributed by atoms with Gasteiger partial charge in [0, 0.05) is 12.8 Å². The molecule has 6 heteroatoms. The van der Waals surface area contributed by atoms with Crippen LogP contribution >= 0.6 is 0 Å². The molecule has 5 nitrogen and oxygen atoms in total. The fourth-order valence-corrected chi connectivity index (χ4v) is 3.47. The van der Waals surface area contributed by atoms with Crippen LogP contribution in [0, 0.1) is 0 Å². The highest BCUT2D eigenvalue weighted by molar-refractivity contribution is 7.89. The number of H-pyrrole nitrogens is 1. The Hall–Kier alpha value is -1.40. The van der Waals surface area contributed by atoms with Gasteiger partial charge < -0.3 is 9.88 Å². The number of hydrogen-bond donors (Lipinski definition) is 1. The van der Waals surface area contributed by atoms with Gasteiger partial charge in [0.05, 0.1) is 11.0 Å². The molecule has 1 N–H and O–H groups in total. The van der Waals surface area contributed by atoms with E-state index in [0.717, 1.165) is 37.1 Å². The minimum atomic E-state index is -3.07. The molecule has 0 aliphatic heterocycles. The van der Waals surface area contributed by atoms with Crippen LogP contribution in [-0.4, -0.2) is 49.2 Å². The third-order valence-electron chi connectivity index (χ3n) is 3.79. The molecule has 0 fully saturated rings. The molecule has 0 unspecified atom stereocenters. The zero-order valence-electron chi connectivity index (χ0n) is 14.3. The standard InChI is InChI=1S/C17H27N3O2S/c1-4-9-20(10-5-2)11-8-14-6-7-15-16(12-14)19-17(18-15)13-23(3,21)22/h6-7,12H,4-5,8-11,13H2,1-3H3,(H,18,19). The van der Waals surface area contributed by atoms with Gasteiger partial charge in [-0.3, -0.25) is 0 Å². The van der Waals surface area contributed by atoms with Crippen molar-refractivity contribution in [3.05, 3.63) is 29.6 Å². The third-order valence-corrected chi connectivity index (χ3v) is 4.59. The zero-order valence-corrected chi connectivity index (χ0v) is 15.1. The lowest BCUT2D eigenvalue weighted by atomic mass is 10.1. The molecule has 1 aromatic heterocycles. The first-order valence-corrected chi connectivity index (χ1v) is 10.3. The summed E-state index contributed by atoms with van der Waals surface area (Å²) in [5, 5.41) is 0. The first-order valence-electron chi connectivity index (χ1n) is 8.29. The van der Waals surface area contributed by atoms with Crippen molar-refractivity contribution in [1.29, 1.82) is 0 Å². The number of imidazole rings is 1. The van der Waals surface area contributed by atoms with Gasteiger partial charge in [-0.15, -0.1) is 0 Å². The van der Waals surface area contributed by atoms with Gasteiger partial charge in [-0.25, -0.2) is 13.4 Å². The lowest BCUT2D eigenvalue weighted by molar-refractivity contribution is 0.278. The molecule has 1 heterocycles. The SMILES string of the molecule is CCCN(CCC)CCc1ccc2nc(CS(C)(=O)=O)[nH]c2c1. The normalized spacial score (nSPS) is 12.3. The summed E-state index contributed by atoms with van der Waals surface area (Å²) in [5.74, 6) is 0.468. The van der Waals surface area contributed by atoms with E-state index in [1.165, 1.54) is 24.7 Å². The van der Waals surface area contributed by atoms with Gasteiger partial charge in [0.25, 0.3) is 0 Å². The van der Waals surface area contributed by atoms with E-state index in [4.69, 9.17) is 0 Å². The molecule has 0 saturated heterocycles. The summed E-state index contributed by atoms with van der Waals surface area (Å²) in [4.78, 5) is 9.97. The summed E-state index contributed by atoms with van der Waals surface area (Å²) in [6.45, 7) is 7.75. The van der Waals surface area contributed by atoms with Gasteiger partial charge in [-0.2, -0.15) is 0 Å². The van der Waals surface area contributed by atoms with E-state index in [0.29, 0.717) is 5.82 Å². The molecule has 2 aromatic rings. The van der Waals surface area contributed by atoms with Crippen molar-refractivity contribution < 1.29 is 8.42 Å². The average molecular weight is 337 g/mol. The highest BCUT2D eigenvalue weighted by Gasteiger charge is 2.10. The largest absolute Gasteiger partial charge is 0.341 e. The topological polar surface area (TPSA) is 66.1 Å². The van der Waals surface area contributed by atoms with Crippen molar-refractivity contribution in [1.82, 2.24) is 14.9 Å². The van der Waals surface area contributed by atoms with E-state index in [-0.39, 0.29) is 5.75 Å². The molecule has 0 amide bonds. The fraction of sp³-hybridized carbons (Fsp3) is 0.588. The number of fused-ring (bicyclic) bond motifs is 1. The number of nitrogens with one attached hydrogen (secondary N) is 1. The van der Waals surface area contributed by atoms with Crippen LogP contribution in [0.25, 0.3) is 11.0 Å². The number of aromatic nitrogens is 2. The van der Waals surface area contributed by atoms with Crippen LogP contribution in [0.15, 0.2) is 18.2 Å². The van der Waals surface area contributed by atoms with Crippen LogP contribution in [0.5, 0.6) is 0 Å². The van der Waals surface area contributed by atoms with Crippen molar-refractivity contribution >= 4 is 20.9 Å². The first-order chi connectivity index (χ1) is 10.9. The van der Waals surface area contributed by atoms with E-state index in [2.05, 4.69) is 40.8 Å². The molecular formula is C17H27N3O2S. The van der Waals surface area contributed by atoms with Crippen molar-refractivity contribution in [3.8, 4) is 0 Å². The second-order valence-electron chi connectivity index (χ2n) is 6.20. The van der Waals surface area contributed by atoms with E-state index in [9.17, 15) is 8.42 Å². The van der Waals surface area contributed by atoms with Crippen molar-refractivity contribution in [2.24, 2.45) is 0 Å². The third kappa shape index (κ3) is 5.62. The zero-order chi connectivity index (χ0) is 16.9. The highest BCUT2D eigenvalue weighted by atomic mass is 32.2. The van der Waals surface area contributed by atoms with Crippen LogP contribution in [0.4, 0.5) is 0 Å². The minimum absolute atomic E-state index is 0.0439. The smallest absolute Gasteiger partial charge is 0.154 e. The minimum Gasteiger partial charge on any atom is -0.341 e. The maximum Gasteiger partial charge on any atom is 0.154 e. The lowest BCUT2D eigenvalue weighted by Crippen LogP contribution is -2.27. The number of benzene rings is 1. The van der Waals surface area contributed by atoms with Crippen LogP contribution < -0.4 is 0 Å². The maximum atomic E-state index is 11.4. The molecule has 0 aliphatic rings. The number of hydrogen-bond acceptors (Lipinski definition) is 4. The highest BCUT2D eigenvalue weighted by Crippen LogP contribution is 2.16. The van der Waals surface area contributed by atoms with Crippen LogP contribution in [-0.2, 0) is 22.0 Å². The predicted molar refractivity (Wildman–Crippen MR) is 95.4 cm³/mol. The van der Waals surface area contributed by atoms with E-state index >= 15 is 0 Å². The summed E-state index contributed by atoms with van der Waals surface area (Å²) in [5.41, 5.74) is 2.99. The molecule has 1 aromatic carbocycles. The molecule has 2 rings (SSSR count). The molecule has 128 valence electrons. The van der Waals surface area contributed by atoms with E-state index in [1.54, 1.807) is 0 Å². The Labute approximate surface area is 139 Å². The van der Waals surface area contributed by atoms with Crippen molar-refractivity contribution in [2.75, 3.05) is 25.9 Å². The van der Waals surface area contributed by atoms with Gasteiger partial charge in [0.1, 0.15) is 11.6 Å². The van der Waals surface area contributed by atoms with Crippen LogP contribution in [0.1, 0.15) is 38.1 Å². The predicted octanol–water partition coefficient (Wildman–Crippen LogP) is 2.77. The van der Waals surface area contributed by atoms with Gasteiger partial charge in [-0.05, 0) is 50.0 Å². The van der Waals surface area contributed by atoms with Gasteiger partial charge in [-0.1, -0.05) is 19.9 Å². The van der Waals surface area contributed by atoms with Crippen LogP contribution in [0.3, 0.4) is 0 Å². The monoisotopic (exact) mass is 337 g/mol. The Morgan fingerprint density at radius 3 is 2.43 bits per heavy atom. The molecule has 0 aliphatic carbocycles. The van der Waals surface area contributed by atoms with Gasteiger partial charge in [0.15, 0.2) is 9.84 Å². The van der Waals surface area contributed by atoms with Crippen molar-refractivity contribution in [2.45, 2.75) is 38.9 Å². The molecule has 0 spiro atoms. The molecule has 0 atom stereocenters. The van der Waals surface area contributed by atoms with Gasteiger partial charge >= 0.3 is 0 Å². The number of rotatable bonds is 9. The summed E-state index contributed by atoms with van der Waals surface area (Å²) < 4.78 is 22.8. The summed E-state index contributed by atoms with van der Waals surface area (Å²) >= 11 is 0. The summed E-state index contributed by atoms with van der Waals surface area (Å²) in [6, 6.07) is 6.14.